The van der Waals surface area contributed by atoms with E-state index in [1.165, 1.54) is 30.0 Å². The van der Waals surface area contributed by atoms with Crippen molar-refractivity contribution < 1.29 is 13.9 Å². The van der Waals surface area contributed by atoms with Gasteiger partial charge in [-0.1, -0.05) is 42.1 Å². The molecule has 1 amide bonds. The fourth-order valence-electron chi connectivity index (χ4n) is 2.79. The third kappa shape index (κ3) is 6.70. The number of ether oxygens (including phenoxy) is 1. The minimum Gasteiger partial charge on any atom is -0.497 e. The molecule has 2 aromatic carbocycles. The normalized spacial score (nSPS) is 11.0. The number of carbonyl (C=O) groups is 1. The number of nitrogens with one attached hydrogen (secondary N) is 1. The molecular formula is C23H22ClFN4O2S. The summed E-state index contributed by atoms with van der Waals surface area (Å²) in [5.41, 5.74) is 1.61. The van der Waals surface area contributed by atoms with E-state index in [1.54, 1.807) is 25.3 Å². The van der Waals surface area contributed by atoms with Crippen LogP contribution in [-0.2, 0) is 11.2 Å². The van der Waals surface area contributed by atoms with Gasteiger partial charge in [0.25, 0.3) is 0 Å². The third-order valence-electron chi connectivity index (χ3n) is 4.33. The summed E-state index contributed by atoms with van der Waals surface area (Å²) in [4.78, 5) is 12.2. The molecule has 0 bridgehead atoms. The molecule has 9 heteroatoms. The van der Waals surface area contributed by atoms with Gasteiger partial charge in [-0.25, -0.2) is 4.39 Å². The van der Waals surface area contributed by atoms with Gasteiger partial charge in [-0.15, -0.1) is 10.2 Å². The van der Waals surface area contributed by atoms with Crippen LogP contribution in [0.2, 0.25) is 0 Å². The molecule has 0 saturated heterocycles. The Morgan fingerprint density at radius 1 is 1.22 bits per heavy atom. The first-order chi connectivity index (χ1) is 15.5. The maximum Gasteiger partial charge on any atom is 0.244 e. The minimum atomic E-state index is -0.331. The molecule has 0 saturated carbocycles. The van der Waals surface area contributed by atoms with Gasteiger partial charge >= 0.3 is 0 Å². The zero-order chi connectivity index (χ0) is 22.9. The molecule has 0 spiro atoms. The molecule has 3 aromatic rings. The van der Waals surface area contributed by atoms with E-state index in [0.29, 0.717) is 34.7 Å². The molecule has 166 valence electrons. The number of nitrogens with zero attached hydrogens (tertiary/aromatic N) is 3. The van der Waals surface area contributed by atoms with Crippen molar-refractivity contribution in [2.24, 2.45) is 0 Å². The summed E-state index contributed by atoms with van der Waals surface area (Å²) in [7, 11) is 1.60. The Bertz CT molecular complexity index is 1100. The van der Waals surface area contributed by atoms with E-state index < -0.39 is 0 Å². The van der Waals surface area contributed by atoms with E-state index in [9.17, 15) is 9.18 Å². The predicted octanol–water partition coefficient (Wildman–Crippen LogP) is 4.63. The number of hydrogen-bond donors (Lipinski definition) is 1. The average molecular weight is 473 g/mol. The number of carbonyl (C=O) groups excluding carboxylic acids is 1. The Balaban J connectivity index is 1.64. The summed E-state index contributed by atoms with van der Waals surface area (Å²) in [5.74, 6) is 1.31. The Morgan fingerprint density at radius 3 is 2.59 bits per heavy atom. The van der Waals surface area contributed by atoms with Crippen molar-refractivity contribution in [3.05, 3.63) is 83.4 Å². The number of amides is 1. The molecular weight excluding hydrogens is 451 g/mol. The zero-order valence-corrected chi connectivity index (χ0v) is 19.0. The van der Waals surface area contributed by atoms with Crippen molar-refractivity contribution in [2.75, 3.05) is 19.4 Å². The summed E-state index contributed by atoms with van der Waals surface area (Å²) in [6, 6.07) is 13.4. The van der Waals surface area contributed by atoms with Crippen LogP contribution in [0.3, 0.4) is 0 Å². The molecule has 0 unspecified atom stereocenters. The minimum absolute atomic E-state index is 0.221. The second-order valence-electron chi connectivity index (χ2n) is 6.66. The van der Waals surface area contributed by atoms with Gasteiger partial charge in [-0.3, -0.25) is 9.36 Å². The highest BCUT2D eigenvalue weighted by Crippen LogP contribution is 2.24. The van der Waals surface area contributed by atoms with Gasteiger partial charge in [0.2, 0.25) is 5.91 Å². The van der Waals surface area contributed by atoms with Gasteiger partial charge in [-0.2, -0.15) is 0 Å². The third-order valence-corrected chi connectivity index (χ3v) is 5.64. The molecule has 1 aromatic heterocycles. The number of aromatic nitrogens is 3. The predicted molar refractivity (Wildman–Crippen MR) is 126 cm³/mol. The highest BCUT2D eigenvalue weighted by atomic mass is 35.5. The van der Waals surface area contributed by atoms with Crippen LogP contribution in [-0.4, -0.2) is 40.1 Å². The van der Waals surface area contributed by atoms with E-state index in [2.05, 4.69) is 22.1 Å². The smallest absolute Gasteiger partial charge is 0.244 e. The van der Waals surface area contributed by atoms with Crippen LogP contribution in [0.5, 0.6) is 5.75 Å². The van der Waals surface area contributed by atoms with Crippen LogP contribution in [0.4, 0.5) is 4.39 Å². The number of benzene rings is 2. The van der Waals surface area contributed by atoms with Gasteiger partial charge in [0, 0.05) is 35.5 Å². The van der Waals surface area contributed by atoms with Gasteiger partial charge in [0.05, 0.1) is 7.11 Å². The summed E-state index contributed by atoms with van der Waals surface area (Å²) in [6.07, 6.45) is 3.64. The maximum atomic E-state index is 13.4. The highest BCUT2D eigenvalue weighted by molar-refractivity contribution is 7.99. The lowest BCUT2D eigenvalue weighted by Crippen LogP contribution is -2.24. The Morgan fingerprint density at radius 2 is 1.94 bits per heavy atom. The van der Waals surface area contributed by atoms with Crippen LogP contribution in [0.1, 0.15) is 11.4 Å². The molecule has 3 rings (SSSR count). The van der Waals surface area contributed by atoms with Gasteiger partial charge < -0.3 is 10.1 Å². The zero-order valence-electron chi connectivity index (χ0n) is 17.4. The van der Waals surface area contributed by atoms with E-state index in [4.69, 9.17) is 16.3 Å². The molecule has 0 aliphatic heterocycles. The summed E-state index contributed by atoms with van der Waals surface area (Å²) in [5, 5.41) is 12.4. The van der Waals surface area contributed by atoms with Crippen molar-refractivity contribution in [3.63, 3.8) is 0 Å². The molecule has 0 radical (unpaired) electrons. The standard InChI is InChI=1S/C23H22ClFN4O2S/c1-16(24)15-32-23-28-27-21(29(23)19-8-6-18(25)7-9-19)13-14-26-22(30)12-5-17-3-10-20(31-2)11-4-17/h3-12H,1,13-15H2,2H3,(H,26,30). The summed E-state index contributed by atoms with van der Waals surface area (Å²) >= 11 is 7.26. The second-order valence-corrected chi connectivity index (χ2v) is 8.14. The number of hydrogen-bond acceptors (Lipinski definition) is 5. The van der Waals surface area contributed by atoms with Crippen LogP contribution in [0.15, 0.2) is 71.4 Å². The lowest BCUT2D eigenvalue weighted by atomic mass is 10.2. The van der Waals surface area contributed by atoms with Crippen LogP contribution in [0, 0.1) is 5.82 Å². The first kappa shape index (κ1) is 23.6. The first-order valence-electron chi connectivity index (χ1n) is 9.72. The lowest BCUT2D eigenvalue weighted by Gasteiger charge is -2.10. The topological polar surface area (TPSA) is 69.0 Å². The first-order valence-corrected chi connectivity index (χ1v) is 11.1. The van der Waals surface area contributed by atoms with Crippen molar-refractivity contribution in [3.8, 4) is 11.4 Å². The molecule has 0 fully saturated rings. The quantitative estimate of drug-likeness (QED) is 0.344. The number of halogens is 2. The molecule has 0 aliphatic rings. The van der Waals surface area contributed by atoms with E-state index >= 15 is 0 Å². The molecule has 6 nitrogen and oxygen atoms in total. The fraction of sp³-hybridized carbons (Fsp3) is 0.174. The highest BCUT2D eigenvalue weighted by Gasteiger charge is 2.15. The van der Waals surface area contributed by atoms with Gasteiger partial charge in [0.1, 0.15) is 17.4 Å². The summed E-state index contributed by atoms with van der Waals surface area (Å²) in [6.45, 7) is 4.04. The fourth-order valence-corrected chi connectivity index (χ4v) is 3.68. The molecule has 32 heavy (non-hydrogen) atoms. The van der Waals surface area contributed by atoms with Crippen LogP contribution < -0.4 is 10.1 Å². The number of thioether (sulfide) groups is 1. The second kappa shape index (κ2) is 11.5. The van der Waals surface area contributed by atoms with E-state index in [-0.39, 0.29) is 11.7 Å². The average Bonchev–Trinajstić information content (AvgIpc) is 3.20. The van der Waals surface area contributed by atoms with E-state index in [0.717, 1.165) is 17.0 Å². The van der Waals surface area contributed by atoms with Crippen LogP contribution >= 0.6 is 23.4 Å². The number of rotatable bonds is 10. The Kier molecular flexibility index (Phi) is 8.47. The van der Waals surface area contributed by atoms with Gasteiger partial charge in [0.15, 0.2) is 5.16 Å². The number of methoxy groups -OCH3 is 1. The van der Waals surface area contributed by atoms with Crippen molar-refractivity contribution in [1.29, 1.82) is 0 Å². The van der Waals surface area contributed by atoms with E-state index in [1.807, 2.05) is 28.8 Å². The van der Waals surface area contributed by atoms with Gasteiger partial charge in [-0.05, 0) is 48.0 Å². The molecule has 0 aliphatic carbocycles. The SMILES string of the molecule is C=C(Cl)CSc1nnc(CCNC(=O)C=Cc2ccc(OC)cc2)n1-c1ccc(F)cc1. The van der Waals surface area contributed by atoms with Crippen molar-refractivity contribution in [2.45, 2.75) is 11.6 Å². The molecule has 0 atom stereocenters. The molecule has 1 N–H and O–H groups in total. The van der Waals surface area contributed by atoms with Crippen LogP contribution in [0.25, 0.3) is 11.8 Å². The largest absolute Gasteiger partial charge is 0.497 e. The van der Waals surface area contributed by atoms with Crippen molar-refractivity contribution in [1.82, 2.24) is 20.1 Å². The monoisotopic (exact) mass is 472 g/mol. The Hall–Kier alpha value is -3.10. The van der Waals surface area contributed by atoms with Crippen molar-refractivity contribution >= 4 is 35.3 Å². The maximum absolute atomic E-state index is 13.4. The Labute approximate surface area is 195 Å². The summed E-state index contributed by atoms with van der Waals surface area (Å²) < 4.78 is 20.3. The lowest BCUT2D eigenvalue weighted by molar-refractivity contribution is -0.116. The molecule has 1 heterocycles.